The van der Waals surface area contributed by atoms with Crippen molar-refractivity contribution < 1.29 is 8.78 Å². The fourth-order valence-corrected chi connectivity index (χ4v) is 2.40. The second-order valence-electron chi connectivity index (χ2n) is 4.91. The molecule has 1 N–H and O–H groups in total. The topological polar surface area (TPSA) is 45.5 Å². The van der Waals surface area contributed by atoms with Gasteiger partial charge in [-0.3, -0.25) is 9.56 Å². The first-order valence-corrected chi connectivity index (χ1v) is 7.76. The summed E-state index contributed by atoms with van der Waals surface area (Å²) in [6, 6.07) is 7.96. The number of imidazole rings is 1. The Morgan fingerprint density at radius 1 is 1.39 bits per heavy atom. The van der Waals surface area contributed by atoms with Crippen LogP contribution < -0.4 is 5.32 Å². The fourth-order valence-electron chi connectivity index (χ4n) is 2.14. The Morgan fingerprint density at radius 2 is 2.09 bits per heavy atom. The van der Waals surface area contributed by atoms with Gasteiger partial charge in [-0.1, -0.05) is 28.1 Å². The molecule has 0 aliphatic rings. The maximum Gasteiger partial charge on any atom is 0.319 e. The predicted octanol–water partition coefficient (Wildman–Crippen LogP) is 3.25. The summed E-state index contributed by atoms with van der Waals surface area (Å²) in [6.07, 6.45) is 2.62. The quantitative estimate of drug-likeness (QED) is 0.634. The zero-order valence-electron chi connectivity index (χ0n) is 12.9. The van der Waals surface area contributed by atoms with Crippen molar-refractivity contribution in [3.05, 3.63) is 52.5 Å². The molecule has 0 saturated heterocycles. The average Bonchev–Trinajstić information content (AvgIpc) is 2.99. The van der Waals surface area contributed by atoms with Crippen LogP contribution in [-0.4, -0.2) is 34.5 Å². The van der Waals surface area contributed by atoms with Crippen molar-refractivity contribution in [3.63, 3.8) is 0 Å². The summed E-state index contributed by atoms with van der Waals surface area (Å²) in [7, 11) is 3.54. The number of guanidine groups is 1. The van der Waals surface area contributed by atoms with E-state index in [0.29, 0.717) is 12.5 Å². The number of rotatable bonds is 5. The molecule has 0 amide bonds. The number of alkyl halides is 2. The Morgan fingerprint density at radius 3 is 2.70 bits per heavy atom. The highest BCUT2D eigenvalue weighted by Crippen LogP contribution is 2.13. The Balaban J connectivity index is 1.96. The number of hydrogen-bond acceptors (Lipinski definition) is 2. The lowest BCUT2D eigenvalue weighted by molar-refractivity contribution is 0.0668. The maximum absolute atomic E-state index is 12.8. The molecule has 1 aromatic carbocycles. The molecule has 0 saturated carbocycles. The summed E-state index contributed by atoms with van der Waals surface area (Å²) in [4.78, 5) is 10.0. The summed E-state index contributed by atoms with van der Waals surface area (Å²) in [5, 5.41) is 3.05. The first-order chi connectivity index (χ1) is 11.0. The zero-order valence-corrected chi connectivity index (χ0v) is 14.5. The van der Waals surface area contributed by atoms with Crippen LogP contribution in [0.3, 0.4) is 0 Å². The Labute approximate surface area is 142 Å². The molecule has 0 fully saturated rings. The molecule has 0 bridgehead atoms. The zero-order chi connectivity index (χ0) is 16.8. The molecular weight excluding hydrogens is 368 g/mol. The van der Waals surface area contributed by atoms with Gasteiger partial charge in [-0.05, 0) is 17.7 Å². The van der Waals surface area contributed by atoms with Gasteiger partial charge in [0.25, 0.3) is 0 Å². The SMILES string of the molecule is CN=C(NCc1nccn1C(F)F)N(C)Cc1ccc(Br)cc1. The van der Waals surface area contributed by atoms with Crippen LogP contribution >= 0.6 is 15.9 Å². The molecule has 0 radical (unpaired) electrons. The van der Waals surface area contributed by atoms with Gasteiger partial charge in [-0.15, -0.1) is 0 Å². The third-order valence-corrected chi connectivity index (χ3v) is 3.80. The minimum Gasteiger partial charge on any atom is -0.349 e. The number of hydrogen-bond donors (Lipinski definition) is 1. The highest BCUT2D eigenvalue weighted by molar-refractivity contribution is 9.10. The molecule has 1 heterocycles. The van der Waals surface area contributed by atoms with Crippen LogP contribution in [0.25, 0.3) is 0 Å². The van der Waals surface area contributed by atoms with Crippen LogP contribution in [0.2, 0.25) is 0 Å². The van der Waals surface area contributed by atoms with Gasteiger partial charge in [0.15, 0.2) is 5.96 Å². The molecule has 8 heteroatoms. The fraction of sp³-hybridized carbons (Fsp3) is 0.333. The largest absolute Gasteiger partial charge is 0.349 e. The van der Waals surface area contributed by atoms with E-state index in [-0.39, 0.29) is 12.4 Å². The van der Waals surface area contributed by atoms with Crippen LogP contribution in [-0.2, 0) is 13.1 Å². The number of nitrogens with one attached hydrogen (secondary N) is 1. The summed E-state index contributed by atoms with van der Waals surface area (Å²) in [5.74, 6) is 0.870. The number of benzene rings is 1. The van der Waals surface area contributed by atoms with Gasteiger partial charge in [-0.2, -0.15) is 8.78 Å². The minimum absolute atomic E-state index is 0.175. The van der Waals surface area contributed by atoms with Crippen molar-refractivity contribution in [2.75, 3.05) is 14.1 Å². The number of nitrogens with zero attached hydrogens (tertiary/aromatic N) is 4. The van der Waals surface area contributed by atoms with E-state index in [9.17, 15) is 8.78 Å². The van der Waals surface area contributed by atoms with Crippen LogP contribution in [0.15, 0.2) is 46.1 Å². The lowest BCUT2D eigenvalue weighted by atomic mass is 10.2. The van der Waals surface area contributed by atoms with Gasteiger partial charge < -0.3 is 10.2 Å². The molecule has 0 atom stereocenters. The third-order valence-electron chi connectivity index (χ3n) is 3.27. The van der Waals surface area contributed by atoms with Crippen LogP contribution in [0.1, 0.15) is 17.9 Å². The van der Waals surface area contributed by atoms with Gasteiger partial charge >= 0.3 is 6.55 Å². The smallest absolute Gasteiger partial charge is 0.319 e. The summed E-state index contributed by atoms with van der Waals surface area (Å²) >= 11 is 3.40. The molecule has 124 valence electrons. The molecule has 0 spiro atoms. The van der Waals surface area contributed by atoms with E-state index in [2.05, 4.69) is 31.2 Å². The van der Waals surface area contributed by atoms with E-state index >= 15 is 0 Å². The number of aliphatic imine (C=N–C) groups is 1. The third kappa shape index (κ3) is 4.75. The second-order valence-corrected chi connectivity index (χ2v) is 5.83. The monoisotopic (exact) mass is 385 g/mol. The van der Waals surface area contributed by atoms with E-state index in [0.717, 1.165) is 14.6 Å². The molecule has 0 unspecified atom stereocenters. The van der Waals surface area contributed by atoms with E-state index in [1.54, 1.807) is 7.05 Å². The highest BCUT2D eigenvalue weighted by atomic mass is 79.9. The molecule has 5 nitrogen and oxygen atoms in total. The van der Waals surface area contributed by atoms with Crippen LogP contribution in [0.5, 0.6) is 0 Å². The number of halogens is 3. The molecule has 23 heavy (non-hydrogen) atoms. The standard InChI is InChI=1S/C15H18BrF2N5/c1-19-15(21-9-13-20-7-8-23(13)14(17)18)22(2)10-11-3-5-12(16)6-4-11/h3-8,14H,9-10H2,1-2H3,(H,19,21). The average molecular weight is 386 g/mol. The van der Waals surface area contributed by atoms with Crippen molar-refractivity contribution in [1.82, 2.24) is 19.8 Å². The van der Waals surface area contributed by atoms with Crippen molar-refractivity contribution in [3.8, 4) is 0 Å². The van der Waals surface area contributed by atoms with Gasteiger partial charge in [0, 0.05) is 37.5 Å². The predicted molar refractivity (Wildman–Crippen MR) is 89.3 cm³/mol. The van der Waals surface area contributed by atoms with E-state index in [4.69, 9.17) is 0 Å². The Hall–Kier alpha value is -1.96. The van der Waals surface area contributed by atoms with Crippen molar-refractivity contribution in [2.45, 2.75) is 19.6 Å². The molecular formula is C15H18BrF2N5. The van der Waals surface area contributed by atoms with E-state index in [1.807, 2.05) is 36.2 Å². The van der Waals surface area contributed by atoms with Crippen molar-refractivity contribution >= 4 is 21.9 Å². The maximum atomic E-state index is 12.8. The Kier molecular flexibility index (Phi) is 6.09. The van der Waals surface area contributed by atoms with Gasteiger partial charge in [-0.25, -0.2) is 4.98 Å². The molecule has 2 aromatic rings. The van der Waals surface area contributed by atoms with Gasteiger partial charge in [0.05, 0.1) is 6.54 Å². The van der Waals surface area contributed by atoms with Crippen molar-refractivity contribution in [2.24, 2.45) is 4.99 Å². The Bertz CT molecular complexity index is 654. The summed E-state index contributed by atoms with van der Waals surface area (Å²) in [5.41, 5.74) is 1.12. The minimum atomic E-state index is -2.60. The molecule has 2 rings (SSSR count). The van der Waals surface area contributed by atoms with E-state index < -0.39 is 6.55 Å². The van der Waals surface area contributed by atoms with Gasteiger partial charge in [0.1, 0.15) is 5.82 Å². The van der Waals surface area contributed by atoms with Crippen molar-refractivity contribution in [1.29, 1.82) is 0 Å². The van der Waals surface area contributed by atoms with Gasteiger partial charge in [0.2, 0.25) is 0 Å². The molecule has 1 aromatic heterocycles. The molecule has 0 aliphatic carbocycles. The first-order valence-electron chi connectivity index (χ1n) is 6.97. The summed E-state index contributed by atoms with van der Waals surface area (Å²) < 4.78 is 27.4. The lowest BCUT2D eigenvalue weighted by Gasteiger charge is -2.22. The molecule has 0 aliphatic heterocycles. The van der Waals surface area contributed by atoms with Crippen LogP contribution in [0.4, 0.5) is 8.78 Å². The first kappa shape index (κ1) is 17.4. The van der Waals surface area contributed by atoms with Crippen LogP contribution in [0, 0.1) is 0 Å². The summed E-state index contributed by atoms with van der Waals surface area (Å²) in [6.45, 7) is -1.78. The highest BCUT2D eigenvalue weighted by Gasteiger charge is 2.13. The second kappa shape index (κ2) is 8.05. The lowest BCUT2D eigenvalue weighted by Crippen LogP contribution is -2.38. The number of aromatic nitrogens is 2. The normalized spacial score (nSPS) is 11.8. The van der Waals surface area contributed by atoms with E-state index in [1.165, 1.54) is 12.4 Å².